The summed E-state index contributed by atoms with van der Waals surface area (Å²) < 4.78 is 8.26. The van der Waals surface area contributed by atoms with E-state index in [9.17, 15) is 4.79 Å². The van der Waals surface area contributed by atoms with E-state index in [0.29, 0.717) is 11.1 Å². The zero-order valence-electron chi connectivity index (χ0n) is 12.8. The SMILES string of the molecule is O=C(NC(=S)Nc1cccc2cccnc12)c1ccc2nsnc2c1. The first-order valence-electron chi connectivity index (χ1n) is 7.39. The molecule has 6 nitrogen and oxygen atoms in total. The molecule has 2 aromatic carbocycles. The molecule has 2 N–H and O–H groups in total. The van der Waals surface area contributed by atoms with Crippen molar-refractivity contribution < 1.29 is 4.79 Å². The van der Waals surface area contributed by atoms with Crippen molar-refractivity contribution in [2.75, 3.05) is 5.32 Å². The number of fused-ring (bicyclic) bond motifs is 2. The highest BCUT2D eigenvalue weighted by Gasteiger charge is 2.11. The van der Waals surface area contributed by atoms with Crippen LogP contribution < -0.4 is 10.6 Å². The monoisotopic (exact) mass is 365 g/mol. The summed E-state index contributed by atoms with van der Waals surface area (Å²) in [6.45, 7) is 0. The zero-order chi connectivity index (χ0) is 17.2. The Morgan fingerprint density at radius 3 is 2.80 bits per heavy atom. The summed E-state index contributed by atoms with van der Waals surface area (Å²) in [6, 6.07) is 14.7. The number of nitrogens with one attached hydrogen (secondary N) is 2. The molecule has 2 aromatic heterocycles. The number of para-hydroxylation sites is 1. The highest BCUT2D eigenvalue weighted by atomic mass is 32.1. The maximum absolute atomic E-state index is 12.4. The van der Waals surface area contributed by atoms with Gasteiger partial charge in [0.1, 0.15) is 11.0 Å². The molecule has 0 aliphatic heterocycles. The average Bonchev–Trinajstić information content (AvgIpc) is 3.09. The van der Waals surface area contributed by atoms with Crippen LogP contribution in [0.5, 0.6) is 0 Å². The Bertz CT molecular complexity index is 1100. The molecule has 0 fully saturated rings. The van der Waals surface area contributed by atoms with Gasteiger partial charge in [-0.3, -0.25) is 15.1 Å². The minimum Gasteiger partial charge on any atom is -0.331 e. The van der Waals surface area contributed by atoms with Gasteiger partial charge in [-0.05, 0) is 42.5 Å². The van der Waals surface area contributed by atoms with Gasteiger partial charge in [0, 0.05) is 17.1 Å². The molecule has 0 aliphatic rings. The van der Waals surface area contributed by atoms with E-state index >= 15 is 0 Å². The van der Waals surface area contributed by atoms with Gasteiger partial charge in [0.15, 0.2) is 5.11 Å². The van der Waals surface area contributed by atoms with Gasteiger partial charge in [0.25, 0.3) is 5.91 Å². The summed E-state index contributed by atoms with van der Waals surface area (Å²) in [4.78, 5) is 16.7. The third-order valence-corrected chi connectivity index (χ3v) is 4.38. The number of hydrogen-bond donors (Lipinski definition) is 2. The fraction of sp³-hybridized carbons (Fsp3) is 0. The van der Waals surface area contributed by atoms with E-state index in [1.807, 2.05) is 30.3 Å². The van der Waals surface area contributed by atoms with Gasteiger partial charge in [-0.15, -0.1) is 0 Å². The second kappa shape index (κ2) is 6.50. The molecule has 8 heteroatoms. The number of amides is 1. The maximum Gasteiger partial charge on any atom is 0.257 e. The average molecular weight is 365 g/mol. The fourth-order valence-corrected chi connectivity index (χ4v) is 3.18. The zero-order valence-corrected chi connectivity index (χ0v) is 14.4. The van der Waals surface area contributed by atoms with Gasteiger partial charge in [-0.1, -0.05) is 18.2 Å². The van der Waals surface area contributed by atoms with Gasteiger partial charge < -0.3 is 5.32 Å². The standard InChI is InChI=1S/C17H11N5OS2/c23-16(11-6-7-12-14(9-11)22-25-21-12)20-17(24)19-13-5-1-3-10-4-2-8-18-15(10)13/h1-9H,(H2,19,20,23,24). The van der Waals surface area contributed by atoms with E-state index in [2.05, 4.69) is 24.4 Å². The summed E-state index contributed by atoms with van der Waals surface area (Å²) in [7, 11) is 0. The Kier molecular flexibility index (Phi) is 4.04. The largest absolute Gasteiger partial charge is 0.331 e. The molecule has 1 amide bonds. The maximum atomic E-state index is 12.4. The Balaban J connectivity index is 1.52. The molecule has 4 aromatic rings. The van der Waals surface area contributed by atoms with Crippen molar-refractivity contribution in [3.63, 3.8) is 0 Å². The van der Waals surface area contributed by atoms with Gasteiger partial charge in [0.2, 0.25) is 0 Å². The third kappa shape index (κ3) is 3.17. The number of benzene rings is 2. The van der Waals surface area contributed by atoms with Crippen LogP contribution in [0.25, 0.3) is 21.9 Å². The molecule has 0 radical (unpaired) electrons. The topological polar surface area (TPSA) is 79.8 Å². The quantitative estimate of drug-likeness (QED) is 0.530. The van der Waals surface area contributed by atoms with Crippen molar-refractivity contribution in [2.24, 2.45) is 0 Å². The lowest BCUT2D eigenvalue weighted by molar-refractivity contribution is 0.0978. The molecule has 0 unspecified atom stereocenters. The highest BCUT2D eigenvalue weighted by Crippen LogP contribution is 2.20. The molecule has 25 heavy (non-hydrogen) atoms. The lowest BCUT2D eigenvalue weighted by Crippen LogP contribution is -2.34. The number of carbonyl (C=O) groups excluding carboxylic acids is 1. The summed E-state index contributed by atoms with van der Waals surface area (Å²) in [5.41, 5.74) is 3.46. The minimum absolute atomic E-state index is 0.208. The summed E-state index contributed by atoms with van der Waals surface area (Å²) in [6.07, 6.45) is 1.71. The Labute approximate surface area is 152 Å². The molecule has 2 heterocycles. The first-order valence-corrected chi connectivity index (χ1v) is 8.53. The molecule has 0 aliphatic carbocycles. The van der Waals surface area contributed by atoms with Crippen molar-refractivity contribution in [3.8, 4) is 0 Å². The first kappa shape index (κ1) is 15.6. The second-order valence-corrected chi connectivity index (χ2v) is 6.19. The van der Waals surface area contributed by atoms with Crippen LogP contribution in [-0.2, 0) is 0 Å². The summed E-state index contributed by atoms with van der Waals surface area (Å²) >= 11 is 6.37. The molecule has 0 atom stereocenters. The number of nitrogens with zero attached hydrogens (tertiary/aromatic N) is 3. The van der Waals surface area contributed by atoms with Crippen LogP contribution in [0.2, 0.25) is 0 Å². The number of carbonyl (C=O) groups is 1. The van der Waals surface area contributed by atoms with E-state index in [4.69, 9.17) is 12.2 Å². The van der Waals surface area contributed by atoms with Crippen molar-refractivity contribution in [1.82, 2.24) is 19.0 Å². The van der Waals surface area contributed by atoms with Crippen LogP contribution in [0.3, 0.4) is 0 Å². The van der Waals surface area contributed by atoms with Crippen molar-refractivity contribution >= 4 is 62.6 Å². The molecule has 0 saturated heterocycles. The summed E-state index contributed by atoms with van der Waals surface area (Å²) in [5, 5.41) is 6.90. The smallest absolute Gasteiger partial charge is 0.257 e. The minimum atomic E-state index is -0.305. The van der Waals surface area contributed by atoms with Crippen LogP contribution >= 0.6 is 23.9 Å². The first-order chi connectivity index (χ1) is 12.2. The molecule has 4 rings (SSSR count). The van der Waals surface area contributed by atoms with Crippen LogP contribution in [0.4, 0.5) is 5.69 Å². The van der Waals surface area contributed by atoms with Crippen LogP contribution in [0.15, 0.2) is 54.7 Å². The number of rotatable bonds is 2. The normalized spacial score (nSPS) is 10.7. The highest BCUT2D eigenvalue weighted by molar-refractivity contribution is 7.80. The van der Waals surface area contributed by atoms with Gasteiger partial charge in [-0.2, -0.15) is 8.75 Å². The van der Waals surface area contributed by atoms with E-state index in [0.717, 1.165) is 33.8 Å². The van der Waals surface area contributed by atoms with Crippen molar-refractivity contribution in [3.05, 3.63) is 60.3 Å². The molecule has 0 saturated carbocycles. The number of thiocarbonyl (C=S) groups is 1. The lowest BCUT2D eigenvalue weighted by Gasteiger charge is -2.11. The molecule has 0 bridgehead atoms. The number of anilines is 1. The van der Waals surface area contributed by atoms with Gasteiger partial charge >= 0.3 is 0 Å². The van der Waals surface area contributed by atoms with Crippen molar-refractivity contribution in [1.29, 1.82) is 0 Å². The number of hydrogen-bond acceptors (Lipinski definition) is 6. The van der Waals surface area contributed by atoms with E-state index in [1.54, 1.807) is 24.4 Å². The van der Waals surface area contributed by atoms with E-state index < -0.39 is 0 Å². The molecule has 122 valence electrons. The predicted molar refractivity (Wildman–Crippen MR) is 103 cm³/mol. The Morgan fingerprint density at radius 1 is 1.04 bits per heavy atom. The molecular formula is C17H11N5OS2. The molecular weight excluding hydrogens is 354 g/mol. The second-order valence-electron chi connectivity index (χ2n) is 5.26. The molecule has 0 spiro atoms. The third-order valence-electron chi connectivity index (χ3n) is 3.62. The fourth-order valence-electron chi connectivity index (χ4n) is 2.46. The Hall–Kier alpha value is -2.97. The van der Waals surface area contributed by atoms with Crippen LogP contribution in [0, 0.1) is 0 Å². The lowest BCUT2D eigenvalue weighted by atomic mass is 10.2. The number of pyridine rings is 1. The van der Waals surface area contributed by atoms with Gasteiger partial charge in [0.05, 0.1) is 22.9 Å². The van der Waals surface area contributed by atoms with E-state index in [1.165, 1.54) is 0 Å². The summed E-state index contributed by atoms with van der Waals surface area (Å²) in [5.74, 6) is -0.305. The predicted octanol–water partition coefficient (Wildman–Crippen LogP) is 3.37. The van der Waals surface area contributed by atoms with Gasteiger partial charge in [-0.25, -0.2) is 0 Å². The van der Waals surface area contributed by atoms with Crippen LogP contribution in [0.1, 0.15) is 10.4 Å². The van der Waals surface area contributed by atoms with E-state index in [-0.39, 0.29) is 11.0 Å². The van der Waals surface area contributed by atoms with Crippen molar-refractivity contribution in [2.45, 2.75) is 0 Å². The Morgan fingerprint density at radius 2 is 1.88 bits per heavy atom. The van der Waals surface area contributed by atoms with Crippen LogP contribution in [-0.4, -0.2) is 24.8 Å². The number of aromatic nitrogens is 3.